The first-order valence-corrected chi connectivity index (χ1v) is 16.1. The number of carbonyl (C=O) groups excluding carboxylic acids is 2. The Bertz CT molecular complexity index is 2410. The Hall–Kier alpha value is -7.42. The molecule has 54 heavy (non-hydrogen) atoms. The Balaban J connectivity index is 0.000000197. The molecule has 0 unspecified atom stereocenters. The number of rotatable bonds is 9. The van der Waals surface area contributed by atoms with Gasteiger partial charge in [0.2, 0.25) is 0 Å². The van der Waals surface area contributed by atoms with Crippen LogP contribution in [-0.2, 0) is 0 Å². The standard InChI is InChI=1S/C19H17N3O4.C11H9NO3.C9H12N2O2/c1-22(2)19(26)12-9-6-10-13(16(12)23)21-15-14(17(24)18(15)25)20-11-7-4-3-5-8-11;1-15-11-8(9(13)10(11)14)12-7-5-3-2-4-6-7;1-11(2)9(13)6-4-3-5-7(10)8(6)12/h3-10,20-21,23H,1-2H3;2-6,12H,1H3;3-5,12H,10H2,1-2H3. The topological polar surface area (TPSA) is 221 Å². The van der Waals surface area contributed by atoms with Crippen molar-refractivity contribution >= 4 is 51.6 Å². The van der Waals surface area contributed by atoms with Gasteiger partial charge >= 0.3 is 0 Å². The molecule has 0 bridgehead atoms. The second-order valence-electron chi connectivity index (χ2n) is 11.9. The van der Waals surface area contributed by atoms with E-state index in [9.17, 15) is 39.0 Å². The number of nitrogens with one attached hydrogen (secondary N) is 3. The molecule has 6 rings (SSSR count). The summed E-state index contributed by atoms with van der Waals surface area (Å²) in [5.41, 5.74) is 5.51. The van der Waals surface area contributed by atoms with Crippen molar-refractivity contribution in [2.24, 2.45) is 0 Å². The molecule has 0 aliphatic heterocycles. The number of nitrogens with zero attached hydrogens (tertiary/aromatic N) is 2. The van der Waals surface area contributed by atoms with E-state index in [-0.39, 0.29) is 68.6 Å². The van der Waals surface area contributed by atoms with Gasteiger partial charge in [-0.3, -0.25) is 28.8 Å². The largest absolute Gasteiger partial charge is 0.505 e. The third-order valence-corrected chi connectivity index (χ3v) is 7.70. The highest BCUT2D eigenvalue weighted by atomic mass is 16.5. The maximum Gasteiger partial charge on any atom is 0.272 e. The van der Waals surface area contributed by atoms with E-state index in [0.29, 0.717) is 5.69 Å². The van der Waals surface area contributed by atoms with Gasteiger partial charge in [-0.1, -0.05) is 48.5 Å². The highest BCUT2D eigenvalue weighted by Gasteiger charge is 2.24. The zero-order valence-corrected chi connectivity index (χ0v) is 30.0. The van der Waals surface area contributed by atoms with Crippen LogP contribution < -0.4 is 48.1 Å². The summed E-state index contributed by atoms with van der Waals surface area (Å²) in [5, 5.41) is 28.3. The minimum Gasteiger partial charge on any atom is -0.505 e. The number of carbonyl (C=O) groups is 2. The van der Waals surface area contributed by atoms with Gasteiger partial charge in [0.1, 0.15) is 17.1 Å². The van der Waals surface area contributed by atoms with Crippen LogP contribution in [0.25, 0.3) is 0 Å². The second-order valence-corrected chi connectivity index (χ2v) is 11.9. The average Bonchev–Trinajstić information content (AvgIpc) is 3.18. The smallest absolute Gasteiger partial charge is 0.272 e. The number of hydrogen-bond acceptors (Lipinski definition) is 13. The first-order valence-electron chi connectivity index (χ1n) is 16.1. The van der Waals surface area contributed by atoms with Crippen molar-refractivity contribution in [2.75, 3.05) is 57.0 Å². The van der Waals surface area contributed by atoms with Crippen LogP contribution >= 0.6 is 0 Å². The molecular weight excluding hydrogens is 696 g/mol. The van der Waals surface area contributed by atoms with E-state index in [1.165, 1.54) is 35.1 Å². The molecule has 0 atom stereocenters. The van der Waals surface area contributed by atoms with Crippen molar-refractivity contribution in [3.63, 3.8) is 0 Å². The van der Waals surface area contributed by atoms with E-state index in [2.05, 4.69) is 16.0 Å². The van der Waals surface area contributed by atoms with Crippen LogP contribution in [0.3, 0.4) is 0 Å². The third kappa shape index (κ3) is 8.71. The first kappa shape index (κ1) is 39.4. The Morgan fingerprint density at radius 1 is 0.556 bits per heavy atom. The summed E-state index contributed by atoms with van der Waals surface area (Å²) in [6, 6.07) is 27.4. The van der Waals surface area contributed by atoms with Crippen molar-refractivity contribution < 1.29 is 24.5 Å². The molecule has 0 spiro atoms. The molecule has 0 heterocycles. The lowest BCUT2D eigenvalue weighted by molar-refractivity contribution is 0.0817. The minimum absolute atomic E-state index is 0.0450. The molecule has 0 aliphatic carbocycles. The van der Waals surface area contributed by atoms with E-state index in [0.717, 1.165) is 5.69 Å². The molecule has 15 nitrogen and oxygen atoms in total. The highest BCUT2D eigenvalue weighted by molar-refractivity contribution is 5.99. The molecule has 6 aromatic carbocycles. The fraction of sp³-hybridized carbons (Fsp3) is 0.128. The van der Waals surface area contributed by atoms with E-state index in [1.807, 2.05) is 24.3 Å². The van der Waals surface area contributed by atoms with Crippen LogP contribution in [0, 0.1) is 0 Å². The van der Waals surface area contributed by atoms with E-state index < -0.39 is 21.7 Å². The lowest BCUT2D eigenvalue weighted by Gasteiger charge is -2.17. The number of phenols is 2. The fourth-order valence-corrected chi connectivity index (χ4v) is 4.81. The quantitative estimate of drug-likeness (QED) is 0.0706. The molecule has 7 N–H and O–H groups in total. The van der Waals surface area contributed by atoms with Gasteiger partial charge in [0, 0.05) is 39.6 Å². The normalized spacial score (nSPS) is 10.2. The third-order valence-electron chi connectivity index (χ3n) is 7.70. The number of amides is 2. The molecule has 278 valence electrons. The number of anilines is 7. The Morgan fingerprint density at radius 3 is 1.46 bits per heavy atom. The predicted molar refractivity (Wildman–Crippen MR) is 209 cm³/mol. The molecule has 0 saturated heterocycles. The number of nitrogens with two attached hydrogens (primary N) is 1. The number of aromatic hydroxyl groups is 2. The summed E-state index contributed by atoms with van der Waals surface area (Å²) >= 11 is 0. The van der Waals surface area contributed by atoms with Crippen LogP contribution in [0.5, 0.6) is 17.2 Å². The summed E-state index contributed by atoms with van der Waals surface area (Å²) in [6.45, 7) is 0. The molecule has 0 fully saturated rings. The van der Waals surface area contributed by atoms with Gasteiger partial charge in [-0.25, -0.2) is 0 Å². The average molecular weight is 735 g/mol. The monoisotopic (exact) mass is 734 g/mol. The number of ether oxygens (including phenoxy) is 1. The van der Waals surface area contributed by atoms with Crippen LogP contribution in [0.4, 0.5) is 39.8 Å². The lowest BCUT2D eigenvalue weighted by Crippen LogP contribution is -2.35. The second kappa shape index (κ2) is 17.2. The van der Waals surface area contributed by atoms with E-state index in [4.69, 9.17) is 10.5 Å². The van der Waals surface area contributed by atoms with Crippen molar-refractivity contribution in [1.82, 2.24) is 9.80 Å². The van der Waals surface area contributed by atoms with Crippen LogP contribution in [0.2, 0.25) is 0 Å². The maximum atomic E-state index is 12.1. The lowest BCUT2D eigenvalue weighted by atomic mass is 10.1. The highest BCUT2D eigenvalue weighted by Crippen LogP contribution is 2.33. The zero-order valence-electron chi connectivity index (χ0n) is 30.0. The Morgan fingerprint density at radius 2 is 0.981 bits per heavy atom. The van der Waals surface area contributed by atoms with Crippen molar-refractivity contribution in [2.45, 2.75) is 0 Å². The predicted octanol–water partition coefficient (Wildman–Crippen LogP) is 3.89. The Kier molecular flexibility index (Phi) is 12.5. The molecule has 0 aromatic heterocycles. The number of methoxy groups -OCH3 is 1. The molecule has 0 saturated carbocycles. The van der Waals surface area contributed by atoms with Crippen molar-refractivity contribution in [3.8, 4) is 17.2 Å². The van der Waals surface area contributed by atoms with Crippen LogP contribution in [-0.4, -0.2) is 67.1 Å². The molecule has 6 aromatic rings. The van der Waals surface area contributed by atoms with Crippen LogP contribution in [0.1, 0.15) is 20.7 Å². The summed E-state index contributed by atoms with van der Waals surface area (Å²) in [4.78, 5) is 72.3. The van der Waals surface area contributed by atoms with Gasteiger partial charge in [0.05, 0.1) is 29.6 Å². The molecule has 0 radical (unpaired) electrons. The zero-order chi connectivity index (χ0) is 39.7. The van der Waals surface area contributed by atoms with Gasteiger partial charge in [0.15, 0.2) is 17.2 Å². The number of benzene rings is 4. The first-order chi connectivity index (χ1) is 25.7. The fourth-order valence-electron chi connectivity index (χ4n) is 4.81. The summed E-state index contributed by atoms with van der Waals surface area (Å²) < 4.78 is 4.80. The SMILES string of the molecule is CN(C)C(=O)c1cccc(N)c1O.CN(C)C(=O)c1cccc(Nc2c(Nc3ccccc3)c(=O)c2=O)c1O.COc1c(Nc2ccccc2)c(=O)c1=O. The van der Waals surface area contributed by atoms with E-state index in [1.54, 1.807) is 82.8 Å². The van der Waals surface area contributed by atoms with Crippen molar-refractivity contribution in [1.29, 1.82) is 0 Å². The van der Waals surface area contributed by atoms with Crippen molar-refractivity contribution in [3.05, 3.63) is 149 Å². The van der Waals surface area contributed by atoms with E-state index >= 15 is 0 Å². The van der Waals surface area contributed by atoms with Gasteiger partial charge in [-0.15, -0.1) is 0 Å². The van der Waals surface area contributed by atoms with Gasteiger partial charge in [0.25, 0.3) is 33.5 Å². The van der Waals surface area contributed by atoms with Gasteiger partial charge < -0.3 is 46.4 Å². The summed E-state index contributed by atoms with van der Waals surface area (Å²) in [5.74, 6) is -0.974. The minimum atomic E-state index is -0.688. The summed E-state index contributed by atoms with van der Waals surface area (Å²) in [6.07, 6.45) is 0. The molecule has 2 amide bonds. The molecule has 15 heteroatoms. The molecular formula is C39H38N6O9. The maximum absolute atomic E-state index is 12.1. The number of hydrogen-bond donors (Lipinski definition) is 6. The molecule has 0 aliphatic rings. The van der Waals surface area contributed by atoms with Crippen LogP contribution in [0.15, 0.2) is 116 Å². The van der Waals surface area contributed by atoms with Gasteiger partial charge in [-0.2, -0.15) is 0 Å². The van der Waals surface area contributed by atoms with Gasteiger partial charge in [-0.05, 0) is 48.5 Å². The number of para-hydroxylation sites is 4. The number of nitrogen functional groups attached to an aromatic ring is 1. The summed E-state index contributed by atoms with van der Waals surface area (Å²) in [7, 11) is 7.74. The number of phenolic OH excluding ortho intramolecular Hbond substituents is 2. The Labute approximate surface area is 308 Å².